The number of carbonyl (C=O) groups excluding carboxylic acids is 3. The summed E-state index contributed by atoms with van der Waals surface area (Å²) in [5.41, 5.74) is -2.03. The van der Waals surface area contributed by atoms with Gasteiger partial charge in [-0.15, -0.1) is 0 Å². The van der Waals surface area contributed by atoms with Crippen LogP contribution in [0.4, 0.5) is 0 Å². The van der Waals surface area contributed by atoms with Crippen LogP contribution in [-0.2, 0) is 52.4 Å². The number of nitrogens with zero attached hydrogens (tertiary/aromatic N) is 3. The molecule has 2 aromatic carbocycles. The van der Waals surface area contributed by atoms with Crippen molar-refractivity contribution in [3.05, 3.63) is 99.0 Å². The SMILES string of the molecule is CCOC(=O)C1=NN(Cc2ccccc2S(=O)(=O)O)C(=O)/C1=C\C=C\c1c(C(=O)OCC)[nH]n(Cc2ccccc2S(=O)(=O)O)c1=O. The minimum atomic E-state index is -4.66. The highest BCUT2D eigenvalue weighted by Crippen LogP contribution is 2.23. The van der Waals surface area contributed by atoms with Crippen LogP contribution in [0.3, 0.4) is 0 Å². The van der Waals surface area contributed by atoms with Crippen molar-refractivity contribution in [3.8, 4) is 0 Å². The summed E-state index contributed by atoms with van der Waals surface area (Å²) in [6.07, 6.45) is 3.46. The summed E-state index contributed by atoms with van der Waals surface area (Å²) in [6, 6.07) is 10.7. The number of carbonyl (C=O) groups is 3. The van der Waals surface area contributed by atoms with Gasteiger partial charge in [-0.1, -0.05) is 42.5 Å². The molecule has 4 rings (SSSR count). The molecule has 0 atom stereocenters. The molecule has 1 aromatic heterocycles. The van der Waals surface area contributed by atoms with Crippen LogP contribution in [0.1, 0.15) is 41.0 Å². The number of benzene rings is 2. The van der Waals surface area contributed by atoms with E-state index in [1.165, 1.54) is 56.3 Å². The van der Waals surface area contributed by atoms with Gasteiger partial charge in [-0.3, -0.25) is 23.8 Å². The number of aromatic nitrogens is 2. The van der Waals surface area contributed by atoms with E-state index in [0.717, 1.165) is 34.0 Å². The van der Waals surface area contributed by atoms with Crippen molar-refractivity contribution >= 4 is 49.9 Å². The van der Waals surface area contributed by atoms with Gasteiger partial charge >= 0.3 is 11.9 Å². The molecule has 3 N–H and O–H groups in total. The summed E-state index contributed by atoms with van der Waals surface area (Å²) in [5, 5.41) is 7.40. The lowest BCUT2D eigenvalue weighted by atomic mass is 10.1. The molecule has 0 radical (unpaired) electrons. The van der Waals surface area contributed by atoms with Crippen molar-refractivity contribution in [1.82, 2.24) is 14.8 Å². The normalized spacial score (nSPS) is 14.6. The molecule has 0 unspecified atom stereocenters. The molecule has 0 fully saturated rings. The van der Waals surface area contributed by atoms with Gasteiger partial charge < -0.3 is 9.47 Å². The van der Waals surface area contributed by atoms with Crippen LogP contribution in [0.5, 0.6) is 0 Å². The molecule has 1 amide bonds. The van der Waals surface area contributed by atoms with Crippen molar-refractivity contribution in [3.63, 3.8) is 0 Å². The standard InChI is InChI=1S/C29H28N4O12S2/c1-3-44-28(36)24-20(26(34)32(30-24)16-18-10-5-7-14-22(18)46(38,39)40)12-9-13-21-25(29(37)45-4-2)31-33(27(21)35)17-19-11-6-8-15-23(19)47(41,42)43/h5-15,30H,3-4,16-17H2,1-2H3,(H,38,39,40)(H,41,42,43)/b12-9+,21-13-. The minimum Gasteiger partial charge on any atom is -0.461 e. The predicted molar refractivity (Wildman–Crippen MR) is 164 cm³/mol. The largest absolute Gasteiger partial charge is 0.461 e. The highest BCUT2D eigenvalue weighted by molar-refractivity contribution is 7.86. The summed E-state index contributed by atoms with van der Waals surface area (Å²) in [5.74, 6) is -2.74. The van der Waals surface area contributed by atoms with Gasteiger partial charge in [-0.2, -0.15) is 21.9 Å². The quantitative estimate of drug-likeness (QED) is 0.140. The zero-order valence-electron chi connectivity index (χ0n) is 24.8. The summed E-state index contributed by atoms with van der Waals surface area (Å²) in [7, 11) is -9.30. The Morgan fingerprint density at radius 3 is 1.94 bits per heavy atom. The molecule has 0 saturated carbocycles. The Bertz CT molecular complexity index is 2110. The van der Waals surface area contributed by atoms with Crippen molar-refractivity contribution in [2.45, 2.75) is 36.7 Å². The van der Waals surface area contributed by atoms with E-state index >= 15 is 0 Å². The second-order valence-electron chi connectivity index (χ2n) is 9.65. The maximum atomic E-state index is 13.4. The first-order valence-electron chi connectivity index (χ1n) is 13.7. The molecule has 0 saturated heterocycles. The highest BCUT2D eigenvalue weighted by atomic mass is 32.2. The first-order chi connectivity index (χ1) is 22.2. The summed E-state index contributed by atoms with van der Waals surface area (Å²) in [6.45, 7) is 2.12. The lowest BCUT2D eigenvalue weighted by Crippen LogP contribution is -2.23. The molecule has 0 aliphatic carbocycles. The molecule has 18 heteroatoms. The Balaban J connectivity index is 1.73. The number of nitrogens with one attached hydrogen (secondary N) is 1. The monoisotopic (exact) mass is 688 g/mol. The summed E-state index contributed by atoms with van der Waals surface area (Å²) in [4.78, 5) is 51.2. The van der Waals surface area contributed by atoms with Crippen LogP contribution in [0.15, 0.2) is 85.9 Å². The highest BCUT2D eigenvalue weighted by Gasteiger charge is 2.35. The number of allylic oxidation sites excluding steroid dienone is 2. The molecular formula is C29H28N4O12S2. The number of ether oxygens (including phenoxy) is 2. The van der Waals surface area contributed by atoms with Gasteiger partial charge in [-0.25, -0.2) is 19.3 Å². The van der Waals surface area contributed by atoms with E-state index in [-0.39, 0.29) is 41.2 Å². The van der Waals surface area contributed by atoms with Crippen LogP contribution >= 0.6 is 0 Å². The molecule has 248 valence electrons. The van der Waals surface area contributed by atoms with Gasteiger partial charge in [0.15, 0.2) is 11.4 Å². The van der Waals surface area contributed by atoms with Crippen molar-refractivity contribution in [2.75, 3.05) is 13.2 Å². The fraction of sp³-hybridized carbons (Fsp3) is 0.207. The minimum absolute atomic E-state index is 0.00891. The van der Waals surface area contributed by atoms with Crippen molar-refractivity contribution in [1.29, 1.82) is 0 Å². The topological polar surface area (TPSA) is 232 Å². The van der Waals surface area contributed by atoms with Crippen molar-refractivity contribution in [2.24, 2.45) is 5.10 Å². The van der Waals surface area contributed by atoms with Gasteiger partial charge in [0.2, 0.25) is 0 Å². The van der Waals surface area contributed by atoms with Crippen LogP contribution in [-0.4, -0.2) is 77.5 Å². The number of esters is 2. The second kappa shape index (κ2) is 14.1. The zero-order chi connectivity index (χ0) is 34.5. The lowest BCUT2D eigenvalue weighted by Gasteiger charge is -2.13. The van der Waals surface area contributed by atoms with Crippen molar-refractivity contribution < 1.29 is 49.8 Å². The third-order valence-corrected chi connectivity index (χ3v) is 8.46. The molecule has 1 aliphatic rings. The molecule has 2 heterocycles. The number of amides is 1. The van der Waals surface area contributed by atoms with Gasteiger partial charge in [0, 0.05) is 0 Å². The lowest BCUT2D eigenvalue weighted by molar-refractivity contribution is -0.135. The first-order valence-corrected chi connectivity index (χ1v) is 16.6. The van der Waals surface area contributed by atoms with Crippen LogP contribution in [0, 0.1) is 0 Å². The maximum absolute atomic E-state index is 13.4. The zero-order valence-corrected chi connectivity index (χ0v) is 26.4. The molecule has 0 spiro atoms. The van der Waals surface area contributed by atoms with Gasteiger partial charge in [0.1, 0.15) is 0 Å². The van der Waals surface area contributed by atoms with Gasteiger partial charge in [0.25, 0.3) is 31.7 Å². The number of rotatable bonds is 12. The third-order valence-electron chi connectivity index (χ3n) is 6.56. The second-order valence-corrected chi connectivity index (χ2v) is 12.4. The Labute approximate surface area is 268 Å². The number of hydrogen-bond donors (Lipinski definition) is 3. The fourth-order valence-electron chi connectivity index (χ4n) is 4.54. The summed E-state index contributed by atoms with van der Waals surface area (Å²) < 4.78 is 77.5. The molecule has 47 heavy (non-hydrogen) atoms. The summed E-state index contributed by atoms with van der Waals surface area (Å²) >= 11 is 0. The van der Waals surface area contributed by atoms with E-state index in [1.807, 2.05) is 0 Å². The molecule has 1 aliphatic heterocycles. The van der Waals surface area contributed by atoms with Crippen LogP contribution < -0.4 is 5.56 Å². The molecule has 3 aromatic rings. The van der Waals surface area contributed by atoms with Crippen LogP contribution in [0.25, 0.3) is 6.08 Å². The van der Waals surface area contributed by atoms with Gasteiger partial charge in [-0.05, 0) is 49.3 Å². The van der Waals surface area contributed by atoms with E-state index in [4.69, 9.17) is 9.47 Å². The van der Waals surface area contributed by atoms with E-state index in [2.05, 4.69) is 10.2 Å². The molecule has 16 nitrogen and oxygen atoms in total. The number of aromatic amines is 1. The molecular weight excluding hydrogens is 660 g/mol. The van der Waals surface area contributed by atoms with Crippen LogP contribution in [0.2, 0.25) is 0 Å². The van der Waals surface area contributed by atoms with E-state index in [1.54, 1.807) is 0 Å². The number of H-pyrrole nitrogens is 1. The average Bonchev–Trinajstić information content (AvgIpc) is 3.48. The Morgan fingerprint density at radius 2 is 1.38 bits per heavy atom. The maximum Gasteiger partial charge on any atom is 0.359 e. The Kier molecular flexibility index (Phi) is 10.4. The molecule has 0 bridgehead atoms. The van der Waals surface area contributed by atoms with E-state index < -0.39 is 72.2 Å². The number of hydrogen-bond acceptors (Lipinski definition) is 11. The third kappa shape index (κ3) is 7.80. The predicted octanol–water partition coefficient (Wildman–Crippen LogP) is 1.80. The Hall–Kier alpha value is -5.17. The smallest absolute Gasteiger partial charge is 0.359 e. The average molecular weight is 689 g/mol. The van der Waals surface area contributed by atoms with E-state index in [0.29, 0.717) is 0 Å². The van der Waals surface area contributed by atoms with E-state index in [9.17, 15) is 45.1 Å². The fourth-order valence-corrected chi connectivity index (χ4v) is 5.96. The van der Waals surface area contributed by atoms with Gasteiger partial charge in [0.05, 0.1) is 47.2 Å². The first kappa shape index (κ1) is 34.7. The number of hydrazone groups is 1. The Morgan fingerprint density at radius 1 is 0.851 bits per heavy atom.